The van der Waals surface area contributed by atoms with Crippen molar-refractivity contribution in [3.8, 4) is 0 Å². The van der Waals surface area contributed by atoms with Crippen molar-refractivity contribution in [2.24, 2.45) is 5.92 Å². The van der Waals surface area contributed by atoms with Crippen LogP contribution in [0, 0.1) is 5.92 Å². The molecule has 1 fully saturated rings. The van der Waals surface area contributed by atoms with Crippen LogP contribution in [0.2, 0.25) is 0 Å². The summed E-state index contributed by atoms with van der Waals surface area (Å²) < 4.78 is 4.74. The molecule has 1 aliphatic heterocycles. The van der Waals surface area contributed by atoms with Gasteiger partial charge in [0.05, 0.1) is 13.0 Å². The van der Waals surface area contributed by atoms with E-state index in [9.17, 15) is 4.79 Å². The largest absolute Gasteiger partial charge is 0.469 e. The zero-order valence-electron chi connectivity index (χ0n) is 10.8. The zero-order valence-corrected chi connectivity index (χ0v) is 10.8. The van der Waals surface area contributed by atoms with Crippen LogP contribution in [0.25, 0.3) is 0 Å². The average molecular weight is 228 g/mol. The normalized spacial score (nSPS) is 25.4. The van der Waals surface area contributed by atoms with Crippen LogP contribution in [-0.4, -0.2) is 50.2 Å². The molecule has 4 nitrogen and oxygen atoms in total. The van der Waals surface area contributed by atoms with E-state index in [4.69, 9.17) is 4.74 Å². The number of carbonyl (C=O) groups is 1. The van der Waals surface area contributed by atoms with Crippen molar-refractivity contribution in [2.75, 3.05) is 27.2 Å². The second-order valence-electron chi connectivity index (χ2n) is 4.79. The second-order valence-corrected chi connectivity index (χ2v) is 4.79. The highest BCUT2D eigenvalue weighted by Crippen LogP contribution is 2.14. The van der Waals surface area contributed by atoms with Crippen LogP contribution in [0.15, 0.2) is 0 Å². The van der Waals surface area contributed by atoms with Gasteiger partial charge < -0.3 is 15.0 Å². The van der Waals surface area contributed by atoms with Gasteiger partial charge >= 0.3 is 5.97 Å². The quantitative estimate of drug-likeness (QED) is 0.709. The van der Waals surface area contributed by atoms with Crippen molar-refractivity contribution in [3.63, 3.8) is 0 Å². The van der Waals surface area contributed by atoms with Crippen molar-refractivity contribution in [3.05, 3.63) is 0 Å². The van der Waals surface area contributed by atoms with Crippen LogP contribution in [0.5, 0.6) is 0 Å². The Bertz CT molecular complexity index is 233. The molecule has 0 aromatic rings. The SMILES string of the molecule is COC(=O)C(C)C(C)NCC1CCCN1C. The van der Waals surface area contributed by atoms with Gasteiger partial charge in [0, 0.05) is 18.6 Å². The maximum Gasteiger partial charge on any atom is 0.309 e. The van der Waals surface area contributed by atoms with E-state index in [2.05, 4.69) is 17.3 Å². The van der Waals surface area contributed by atoms with Gasteiger partial charge in [-0.05, 0) is 33.4 Å². The number of likely N-dealkylation sites (N-methyl/N-ethyl adjacent to an activating group) is 1. The molecule has 94 valence electrons. The first-order chi connectivity index (χ1) is 7.56. The maximum atomic E-state index is 11.3. The van der Waals surface area contributed by atoms with Crippen LogP contribution in [0.3, 0.4) is 0 Å². The molecule has 0 aliphatic carbocycles. The number of carbonyl (C=O) groups excluding carboxylic acids is 1. The fourth-order valence-corrected chi connectivity index (χ4v) is 2.13. The summed E-state index contributed by atoms with van der Waals surface area (Å²) in [6, 6.07) is 0.786. The maximum absolute atomic E-state index is 11.3. The summed E-state index contributed by atoms with van der Waals surface area (Å²) >= 11 is 0. The Kier molecular flexibility index (Phi) is 5.22. The van der Waals surface area contributed by atoms with Crippen LogP contribution in [0.4, 0.5) is 0 Å². The first-order valence-corrected chi connectivity index (χ1v) is 6.07. The number of likely N-dealkylation sites (tertiary alicyclic amines) is 1. The van der Waals surface area contributed by atoms with Crippen molar-refractivity contribution >= 4 is 5.97 Å². The molecule has 0 aromatic heterocycles. The number of rotatable bonds is 5. The Hall–Kier alpha value is -0.610. The lowest BCUT2D eigenvalue weighted by Gasteiger charge is -2.24. The summed E-state index contributed by atoms with van der Waals surface area (Å²) in [7, 11) is 3.60. The van der Waals surface area contributed by atoms with Crippen LogP contribution in [-0.2, 0) is 9.53 Å². The number of methoxy groups -OCH3 is 1. The number of hydrogen-bond donors (Lipinski definition) is 1. The van der Waals surface area contributed by atoms with Crippen molar-refractivity contribution < 1.29 is 9.53 Å². The van der Waals surface area contributed by atoms with E-state index in [1.54, 1.807) is 0 Å². The topological polar surface area (TPSA) is 41.6 Å². The van der Waals surface area contributed by atoms with Crippen molar-refractivity contribution in [1.82, 2.24) is 10.2 Å². The van der Waals surface area contributed by atoms with E-state index in [1.165, 1.54) is 26.5 Å². The molecule has 0 spiro atoms. The number of nitrogens with zero attached hydrogens (tertiary/aromatic N) is 1. The second kappa shape index (κ2) is 6.21. The smallest absolute Gasteiger partial charge is 0.309 e. The third kappa shape index (κ3) is 3.46. The molecule has 0 aromatic carbocycles. The molecule has 0 radical (unpaired) electrons. The molecule has 0 amide bonds. The van der Waals surface area contributed by atoms with Crippen LogP contribution in [0.1, 0.15) is 26.7 Å². The number of ether oxygens (including phenoxy) is 1. The number of hydrogen-bond acceptors (Lipinski definition) is 4. The summed E-state index contributed by atoms with van der Waals surface area (Å²) in [5.74, 6) is -0.225. The van der Waals surface area contributed by atoms with E-state index in [-0.39, 0.29) is 17.9 Å². The Morgan fingerprint density at radius 1 is 1.56 bits per heavy atom. The molecule has 3 unspecified atom stereocenters. The lowest BCUT2D eigenvalue weighted by atomic mass is 10.0. The molecule has 1 rings (SSSR count). The molecular formula is C12H24N2O2. The molecule has 0 bridgehead atoms. The van der Waals surface area contributed by atoms with E-state index < -0.39 is 0 Å². The van der Waals surface area contributed by atoms with Crippen molar-refractivity contribution in [2.45, 2.75) is 38.8 Å². The first-order valence-electron chi connectivity index (χ1n) is 6.07. The predicted molar refractivity (Wildman–Crippen MR) is 64.3 cm³/mol. The molecule has 16 heavy (non-hydrogen) atoms. The van der Waals surface area contributed by atoms with Gasteiger partial charge in [0.2, 0.25) is 0 Å². The molecule has 1 N–H and O–H groups in total. The minimum Gasteiger partial charge on any atom is -0.469 e. The van der Waals surface area contributed by atoms with E-state index in [0.29, 0.717) is 6.04 Å². The van der Waals surface area contributed by atoms with Gasteiger partial charge in [-0.25, -0.2) is 0 Å². The highest BCUT2D eigenvalue weighted by atomic mass is 16.5. The van der Waals surface area contributed by atoms with Crippen LogP contribution < -0.4 is 5.32 Å². The van der Waals surface area contributed by atoms with Gasteiger partial charge in [0.15, 0.2) is 0 Å². The zero-order chi connectivity index (χ0) is 12.1. The van der Waals surface area contributed by atoms with E-state index in [1.807, 2.05) is 13.8 Å². The van der Waals surface area contributed by atoms with Gasteiger partial charge in [-0.15, -0.1) is 0 Å². The molecular weight excluding hydrogens is 204 g/mol. The Labute approximate surface area is 98.3 Å². The minimum atomic E-state index is -0.139. The van der Waals surface area contributed by atoms with Crippen LogP contribution >= 0.6 is 0 Å². The average Bonchev–Trinajstić information content (AvgIpc) is 2.69. The third-order valence-electron chi connectivity index (χ3n) is 3.67. The van der Waals surface area contributed by atoms with Gasteiger partial charge in [0.25, 0.3) is 0 Å². The van der Waals surface area contributed by atoms with E-state index in [0.717, 1.165) is 6.54 Å². The summed E-state index contributed by atoms with van der Waals surface area (Å²) in [6.45, 7) is 6.09. The number of nitrogens with one attached hydrogen (secondary N) is 1. The van der Waals surface area contributed by atoms with Crippen molar-refractivity contribution in [1.29, 1.82) is 0 Å². The summed E-state index contributed by atoms with van der Waals surface area (Å²) in [4.78, 5) is 13.7. The molecule has 1 saturated heterocycles. The standard InChI is InChI=1S/C12H24N2O2/c1-9(12(15)16-4)10(2)13-8-11-6-5-7-14(11)3/h9-11,13H,5-8H2,1-4H3. The minimum absolute atomic E-state index is 0.0864. The fourth-order valence-electron chi connectivity index (χ4n) is 2.13. The molecule has 0 saturated carbocycles. The fraction of sp³-hybridized carbons (Fsp3) is 0.917. The summed E-state index contributed by atoms with van der Waals surface area (Å²) in [5.41, 5.74) is 0. The third-order valence-corrected chi connectivity index (χ3v) is 3.67. The molecule has 1 aliphatic rings. The van der Waals surface area contributed by atoms with Gasteiger partial charge in [-0.1, -0.05) is 6.92 Å². The summed E-state index contributed by atoms with van der Waals surface area (Å²) in [6.07, 6.45) is 2.53. The lowest BCUT2D eigenvalue weighted by Crippen LogP contribution is -2.43. The molecule has 3 atom stereocenters. The highest BCUT2D eigenvalue weighted by Gasteiger charge is 2.24. The van der Waals surface area contributed by atoms with Gasteiger partial charge in [-0.3, -0.25) is 4.79 Å². The number of esters is 1. The monoisotopic (exact) mass is 228 g/mol. The highest BCUT2D eigenvalue weighted by molar-refractivity contribution is 5.72. The Morgan fingerprint density at radius 2 is 2.25 bits per heavy atom. The molecule has 4 heteroatoms. The van der Waals surface area contributed by atoms with Gasteiger partial charge in [0.1, 0.15) is 0 Å². The Morgan fingerprint density at radius 3 is 2.75 bits per heavy atom. The lowest BCUT2D eigenvalue weighted by molar-refractivity contribution is -0.145. The molecule has 1 heterocycles. The van der Waals surface area contributed by atoms with Gasteiger partial charge in [-0.2, -0.15) is 0 Å². The predicted octanol–water partition coefficient (Wildman–Crippen LogP) is 0.868. The Balaban J connectivity index is 2.28. The first kappa shape index (κ1) is 13.5. The van der Waals surface area contributed by atoms with E-state index >= 15 is 0 Å². The summed E-state index contributed by atoms with van der Waals surface area (Å²) in [5, 5.41) is 3.43.